The lowest BCUT2D eigenvalue weighted by atomic mass is 10.1. The SMILES string of the molecule is O=C(NCCN(C(=O)c1ccc(Cl)cc1Cl)c1ccc(F)cc1)Nc1cc(C(F)(F)F)cc(C(F)(F)F)c1. The van der Waals surface area contributed by atoms with Crippen LogP contribution in [0, 0.1) is 5.82 Å². The van der Waals surface area contributed by atoms with Gasteiger partial charge in [0.1, 0.15) is 5.82 Å². The zero-order valence-electron chi connectivity index (χ0n) is 18.9. The Hall–Kier alpha value is -3.51. The average Bonchev–Trinajstić information content (AvgIpc) is 2.81. The van der Waals surface area contributed by atoms with Crippen molar-refractivity contribution in [2.75, 3.05) is 23.3 Å². The van der Waals surface area contributed by atoms with Gasteiger partial charge in [0, 0.05) is 29.5 Å². The molecule has 202 valence electrons. The van der Waals surface area contributed by atoms with E-state index in [0.29, 0.717) is 12.1 Å². The highest BCUT2D eigenvalue weighted by molar-refractivity contribution is 6.37. The summed E-state index contributed by atoms with van der Waals surface area (Å²) in [5.41, 5.74) is -3.69. The summed E-state index contributed by atoms with van der Waals surface area (Å²) in [7, 11) is 0. The van der Waals surface area contributed by atoms with Crippen molar-refractivity contribution in [1.82, 2.24) is 5.32 Å². The van der Waals surface area contributed by atoms with Crippen LogP contribution in [-0.4, -0.2) is 25.0 Å². The van der Waals surface area contributed by atoms with Crippen LogP contribution >= 0.6 is 23.2 Å². The van der Waals surface area contributed by atoms with Crippen molar-refractivity contribution in [3.05, 3.63) is 93.2 Å². The molecular formula is C24H16Cl2F7N3O2. The number of urea groups is 1. The number of nitrogens with zero attached hydrogens (tertiary/aromatic N) is 1. The van der Waals surface area contributed by atoms with E-state index in [0.717, 1.165) is 17.0 Å². The Morgan fingerprint density at radius 1 is 0.816 bits per heavy atom. The van der Waals surface area contributed by atoms with Gasteiger partial charge in [-0.15, -0.1) is 0 Å². The van der Waals surface area contributed by atoms with Crippen LogP contribution in [0.4, 0.5) is 46.9 Å². The fraction of sp³-hybridized carbons (Fsp3) is 0.167. The van der Waals surface area contributed by atoms with Crippen molar-refractivity contribution < 1.29 is 40.3 Å². The van der Waals surface area contributed by atoms with Crippen LogP contribution in [0.3, 0.4) is 0 Å². The minimum absolute atomic E-state index is 0.0188. The van der Waals surface area contributed by atoms with E-state index in [1.54, 1.807) is 0 Å². The van der Waals surface area contributed by atoms with Crippen molar-refractivity contribution in [2.45, 2.75) is 12.4 Å². The van der Waals surface area contributed by atoms with E-state index >= 15 is 0 Å². The first-order chi connectivity index (χ1) is 17.6. The van der Waals surface area contributed by atoms with E-state index in [1.165, 1.54) is 30.3 Å². The Labute approximate surface area is 221 Å². The molecule has 3 amide bonds. The summed E-state index contributed by atoms with van der Waals surface area (Å²) >= 11 is 12.0. The molecule has 38 heavy (non-hydrogen) atoms. The fourth-order valence-electron chi connectivity index (χ4n) is 3.26. The highest BCUT2D eigenvalue weighted by Crippen LogP contribution is 2.37. The number of halogens is 9. The standard InChI is InChI=1S/C24H16Cl2F7N3O2/c25-15-1-6-19(20(26)12-15)21(37)36(18-4-2-16(27)3-5-18)8-7-34-22(38)35-17-10-13(23(28,29)30)9-14(11-17)24(31,32)33/h1-6,9-12H,7-8H2,(H2,34,35,38). The van der Waals surface area contributed by atoms with E-state index in [1.807, 2.05) is 5.32 Å². The first-order valence-electron chi connectivity index (χ1n) is 10.5. The van der Waals surface area contributed by atoms with Gasteiger partial charge in [-0.25, -0.2) is 9.18 Å². The molecule has 5 nitrogen and oxygen atoms in total. The minimum Gasteiger partial charge on any atom is -0.336 e. The van der Waals surface area contributed by atoms with Gasteiger partial charge in [-0.1, -0.05) is 23.2 Å². The lowest BCUT2D eigenvalue weighted by Crippen LogP contribution is -2.40. The van der Waals surface area contributed by atoms with Gasteiger partial charge in [-0.3, -0.25) is 4.79 Å². The Kier molecular flexibility index (Phi) is 8.78. The van der Waals surface area contributed by atoms with Crippen LogP contribution in [0.15, 0.2) is 60.7 Å². The molecule has 0 aliphatic heterocycles. The summed E-state index contributed by atoms with van der Waals surface area (Å²) in [5, 5.41) is 4.46. The zero-order chi connectivity index (χ0) is 28.3. The highest BCUT2D eigenvalue weighted by atomic mass is 35.5. The van der Waals surface area contributed by atoms with E-state index in [2.05, 4.69) is 5.32 Å². The van der Waals surface area contributed by atoms with Crippen LogP contribution < -0.4 is 15.5 Å². The Morgan fingerprint density at radius 3 is 1.92 bits per heavy atom. The molecule has 0 aliphatic rings. The third-order valence-corrected chi connectivity index (χ3v) is 5.56. The van der Waals surface area contributed by atoms with Gasteiger partial charge in [0.2, 0.25) is 0 Å². The number of alkyl halides is 6. The van der Waals surface area contributed by atoms with Crippen molar-refractivity contribution in [3.8, 4) is 0 Å². The van der Waals surface area contributed by atoms with Crippen molar-refractivity contribution >= 4 is 46.5 Å². The van der Waals surface area contributed by atoms with Crippen molar-refractivity contribution in [2.24, 2.45) is 0 Å². The molecule has 0 heterocycles. The largest absolute Gasteiger partial charge is 0.416 e. The van der Waals surface area contributed by atoms with Gasteiger partial charge in [0.15, 0.2) is 0 Å². The zero-order valence-corrected chi connectivity index (χ0v) is 20.4. The number of anilines is 2. The monoisotopic (exact) mass is 581 g/mol. The fourth-order valence-corrected chi connectivity index (χ4v) is 3.75. The molecule has 0 radical (unpaired) electrons. The third-order valence-electron chi connectivity index (χ3n) is 5.01. The maximum atomic E-state index is 13.4. The summed E-state index contributed by atoms with van der Waals surface area (Å²) < 4.78 is 91.7. The Bertz CT molecular complexity index is 1300. The van der Waals surface area contributed by atoms with Gasteiger partial charge in [-0.2, -0.15) is 26.3 Å². The van der Waals surface area contributed by atoms with E-state index < -0.39 is 46.9 Å². The lowest BCUT2D eigenvalue weighted by molar-refractivity contribution is -0.143. The molecule has 0 saturated heterocycles. The highest BCUT2D eigenvalue weighted by Gasteiger charge is 2.37. The van der Waals surface area contributed by atoms with Gasteiger partial charge in [0.25, 0.3) is 5.91 Å². The molecule has 0 fully saturated rings. The van der Waals surface area contributed by atoms with Crippen molar-refractivity contribution in [1.29, 1.82) is 0 Å². The maximum absolute atomic E-state index is 13.4. The molecular weight excluding hydrogens is 566 g/mol. The number of rotatable bonds is 6. The summed E-state index contributed by atoms with van der Waals surface area (Å²) in [6, 6.07) is 8.36. The molecule has 0 atom stereocenters. The van der Waals surface area contributed by atoms with E-state index in [-0.39, 0.29) is 40.5 Å². The molecule has 3 aromatic rings. The first kappa shape index (κ1) is 29.1. The number of nitrogens with one attached hydrogen (secondary N) is 2. The second-order valence-electron chi connectivity index (χ2n) is 7.73. The predicted molar refractivity (Wildman–Crippen MR) is 128 cm³/mol. The number of benzene rings is 3. The number of hydrogen-bond donors (Lipinski definition) is 2. The lowest BCUT2D eigenvalue weighted by Gasteiger charge is -2.24. The second-order valence-corrected chi connectivity index (χ2v) is 8.58. The summed E-state index contributed by atoms with van der Waals surface area (Å²) in [6.07, 6.45) is -10.2. The van der Waals surface area contributed by atoms with E-state index in [4.69, 9.17) is 23.2 Å². The van der Waals surface area contributed by atoms with Crippen LogP contribution in [0.2, 0.25) is 10.0 Å². The van der Waals surface area contributed by atoms with Crippen LogP contribution in [-0.2, 0) is 12.4 Å². The quantitative estimate of drug-likeness (QED) is 0.294. The summed E-state index contributed by atoms with van der Waals surface area (Å²) in [6.45, 7) is -0.529. The molecule has 14 heteroatoms. The van der Waals surface area contributed by atoms with Crippen LogP contribution in [0.25, 0.3) is 0 Å². The third kappa shape index (κ3) is 7.51. The summed E-state index contributed by atoms with van der Waals surface area (Å²) in [5.74, 6) is -1.23. The topological polar surface area (TPSA) is 61.4 Å². The number of amides is 3. The summed E-state index contributed by atoms with van der Waals surface area (Å²) in [4.78, 5) is 26.6. The molecule has 2 N–H and O–H groups in total. The molecule has 0 unspecified atom stereocenters. The maximum Gasteiger partial charge on any atom is 0.416 e. The van der Waals surface area contributed by atoms with Gasteiger partial charge in [-0.05, 0) is 60.7 Å². The molecule has 0 saturated carbocycles. The Balaban J connectivity index is 1.76. The van der Waals surface area contributed by atoms with Crippen LogP contribution in [0.1, 0.15) is 21.5 Å². The molecule has 3 aromatic carbocycles. The smallest absolute Gasteiger partial charge is 0.336 e. The molecule has 0 spiro atoms. The van der Waals surface area contributed by atoms with Crippen molar-refractivity contribution in [3.63, 3.8) is 0 Å². The molecule has 0 bridgehead atoms. The van der Waals surface area contributed by atoms with Gasteiger partial charge < -0.3 is 15.5 Å². The number of carbonyl (C=O) groups is 2. The molecule has 0 aromatic heterocycles. The Morgan fingerprint density at radius 2 is 1.39 bits per heavy atom. The number of hydrogen-bond acceptors (Lipinski definition) is 2. The normalized spacial score (nSPS) is 11.7. The second kappa shape index (κ2) is 11.5. The first-order valence-corrected chi connectivity index (χ1v) is 11.3. The predicted octanol–water partition coefficient (Wildman–Crippen LogP) is 7.64. The van der Waals surface area contributed by atoms with Gasteiger partial charge >= 0.3 is 18.4 Å². The van der Waals surface area contributed by atoms with E-state index in [9.17, 15) is 40.3 Å². The minimum atomic E-state index is -5.09. The molecule has 0 aliphatic carbocycles. The van der Waals surface area contributed by atoms with Crippen LogP contribution in [0.5, 0.6) is 0 Å². The van der Waals surface area contributed by atoms with Gasteiger partial charge in [0.05, 0.1) is 21.7 Å². The average molecular weight is 582 g/mol. The molecule has 3 rings (SSSR count). The number of carbonyl (C=O) groups excluding carboxylic acids is 2.